The zero-order valence-corrected chi connectivity index (χ0v) is 13.2. The van der Waals surface area contributed by atoms with Crippen LogP contribution in [0.25, 0.3) is 0 Å². The fourth-order valence-corrected chi connectivity index (χ4v) is 4.71. The van der Waals surface area contributed by atoms with Gasteiger partial charge in [-0.1, -0.05) is 29.2 Å². The molecular formula is C13H13N3OS3. The van der Waals surface area contributed by atoms with Gasteiger partial charge in [-0.15, -0.1) is 28.1 Å². The number of thioether (sulfide) groups is 1. The highest BCUT2D eigenvalue weighted by Crippen LogP contribution is 2.31. The van der Waals surface area contributed by atoms with Crippen molar-refractivity contribution in [2.75, 3.05) is 11.1 Å². The molecule has 0 bridgehead atoms. The molecule has 0 saturated heterocycles. The number of aromatic nitrogens is 2. The standard InChI is InChI=1S/C13H13N3OS3/c1-2-6-18-13-16-15-12(20-13)14-11(17)10-7-8-4-3-5-9(8)19-10/h2,7H,1,3-6H2,(H,14,15,17). The van der Waals surface area contributed by atoms with Gasteiger partial charge in [0.15, 0.2) is 4.34 Å². The SMILES string of the molecule is C=CCSc1nnc(NC(=O)c2cc3c(s2)CCC3)s1. The number of hydrogen-bond acceptors (Lipinski definition) is 6. The van der Waals surface area contributed by atoms with Gasteiger partial charge in [0, 0.05) is 10.6 Å². The van der Waals surface area contributed by atoms with Crippen molar-refractivity contribution in [1.82, 2.24) is 10.2 Å². The highest BCUT2D eigenvalue weighted by atomic mass is 32.2. The number of amides is 1. The number of thiophene rings is 1. The first-order chi connectivity index (χ1) is 9.76. The van der Waals surface area contributed by atoms with Gasteiger partial charge in [0.2, 0.25) is 5.13 Å². The third-order valence-corrected chi connectivity index (χ3v) is 6.13. The number of fused-ring (bicyclic) bond motifs is 1. The minimum Gasteiger partial charge on any atom is -0.296 e. The topological polar surface area (TPSA) is 54.9 Å². The minimum atomic E-state index is -0.0826. The molecule has 3 rings (SSSR count). The lowest BCUT2D eigenvalue weighted by Gasteiger charge is -1.97. The molecule has 4 nitrogen and oxygen atoms in total. The zero-order chi connectivity index (χ0) is 13.9. The molecule has 20 heavy (non-hydrogen) atoms. The van der Waals surface area contributed by atoms with Crippen molar-refractivity contribution in [2.45, 2.75) is 23.6 Å². The summed E-state index contributed by atoms with van der Waals surface area (Å²) in [7, 11) is 0. The first-order valence-electron chi connectivity index (χ1n) is 6.26. The maximum absolute atomic E-state index is 12.2. The molecule has 1 aliphatic carbocycles. The van der Waals surface area contributed by atoms with E-state index < -0.39 is 0 Å². The van der Waals surface area contributed by atoms with Crippen LogP contribution >= 0.6 is 34.4 Å². The summed E-state index contributed by atoms with van der Waals surface area (Å²) in [6, 6.07) is 2.01. The summed E-state index contributed by atoms with van der Waals surface area (Å²) in [5.74, 6) is 0.709. The van der Waals surface area contributed by atoms with Gasteiger partial charge >= 0.3 is 0 Å². The summed E-state index contributed by atoms with van der Waals surface area (Å²) in [4.78, 5) is 14.3. The number of carbonyl (C=O) groups is 1. The van der Waals surface area contributed by atoms with Crippen LogP contribution in [-0.2, 0) is 12.8 Å². The zero-order valence-electron chi connectivity index (χ0n) is 10.7. The van der Waals surface area contributed by atoms with Crippen molar-refractivity contribution in [3.63, 3.8) is 0 Å². The number of nitrogens with one attached hydrogen (secondary N) is 1. The molecule has 0 unspecified atom stereocenters. The Kier molecular flexibility index (Phi) is 4.18. The molecule has 2 aromatic heterocycles. The Morgan fingerprint density at radius 2 is 2.35 bits per heavy atom. The number of anilines is 1. The maximum Gasteiger partial charge on any atom is 0.267 e. The average Bonchev–Trinajstić information content (AvgIpc) is 3.11. The summed E-state index contributed by atoms with van der Waals surface area (Å²) in [6.45, 7) is 3.66. The summed E-state index contributed by atoms with van der Waals surface area (Å²) in [5, 5.41) is 11.4. The number of nitrogens with zero attached hydrogens (tertiary/aromatic N) is 2. The molecule has 7 heteroatoms. The van der Waals surface area contributed by atoms with Gasteiger partial charge in [-0.25, -0.2) is 0 Å². The Bertz CT molecular complexity index is 626. The van der Waals surface area contributed by atoms with Crippen LogP contribution < -0.4 is 5.32 Å². The number of carbonyl (C=O) groups excluding carboxylic acids is 1. The molecule has 0 spiro atoms. The lowest BCUT2D eigenvalue weighted by molar-refractivity contribution is 0.103. The van der Waals surface area contributed by atoms with Crippen LogP contribution in [0.5, 0.6) is 0 Å². The van der Waals surface area contributed by atoms with Gasteiger partial charge in [0.05, 0.1) is 4.88 Å². The lowest BCUT2D eigenvalue weighted by Crippen LogP contribution is -2.09. The second-order valence-corrected chi connectivity index (χ2v) is 7.72. The van der Waals surface area contributed by atoms with Crippen LogP contribution in [-0.4, -0.2) is 21.9 Å². The van der Waals surface area contributed by atoms with E-state index in [-0.39, 0.29) is 5.91 Å². The first-order valence-corrected chi connectivity index (χ1v) is 8.88. The Morgan fingerprint density at radius 1 is 1.45 bits per heavy atom. The molecule has 1 N–H and O–H groups in total. The summed E-state index contributed by atoms with van der Waals surface area (Å²) in [5.41, 5.74) is 1.33. The van der Waals surface area contributed by atoms with E-state index in [4.69, 9.17) is 0 Å². The molecule has 0 aromatic carbocycles. The largest absolute Gasteiger partial charge is 0.296 e. The highest BCUT2D eigenvalue weighted by Gasteiger charge is 2.19. The van der Waals surface area contributed by atoms with E-state index in [1.807, 2.05) is 12.1 Å². The normalized spacial score (nSPS) is 13.2. The fraction of sp³-hybridized carbons (Fsp3) is 0.308. The van der Waals surface area contributed by atoms with E-state index in [0.29, 0.717) is 5.13 Å². The van der Waals surface area contributed by atoms with Crippen LogP contribution in [0.3, 0.4) is 0 Å². The fourth-order valence-electron chi connectivity index (χ4n) is 2.05. The third kappa shape index (κ3) is 2.94. The molecule has 0 saturated carbocycles. The molecule has 1 amide bonds. The summed E-state index contributed by atoms with van der Waals surface area (Å²) < 4.78 is 0.842. The molecule has 0 atom stereocenters. The molecular weight excluding hydrogens is 310 g/mol. The van der Waals surface area contributed by atoms with Crippen molar-refractivity contribution in [3.8, 4) is 0 Å². The summed E-state index contributed by atoms with van der Waals surface area (Å²) in [6.07, 6.45) is 5.23. The van der Waals surface area contributed by atoms with Crippen LogP contribution in [0.2, 0.25) is 0 Å². The van der Waals surface area contributed by atoms with Gasteiger partial charge in [-0.3, -0.25) is 10.1 Å². The quantitative estimate of drug-likeness (QED) is 0.519. The van der Waals surface area contributed by atoms with Gasteiger partial charge < -0.3 is 0 Å². The monoisotopic (exact) mass is 323 g/mol. The van der Waals surface area contributed by atoms with Crippen LogP contribution in [0.4, 0.5) is 5.13 Å². The van der Waals surface area contributed by atoms with E-state index in [0.717, 1.165) is 27.8 Å². The van der Waals surface area contributed by atoms with Crippen molar-refractivity contribution in [1.29, 1.82) is 0 Å². The average molecular weight is 323 g/mol. The van der Waals surface area contributed by atoms with E-state index in [1.54, 1.807) is 23.1 Å². The van der Waals surface area contributed by atoms with Crippen LogP contribution in [0.15, 0.2) is 23.1 Å². The lowest BCUT2D eigenvalue weighted by atomic mass is 10.2. The van der Waals surface area contributed by atoms with Gasteiger partial charge in [-0.05, 0) is 30.9 Å². The molecule has 2 heterocycles. The van der Waals surface area contributed by atoms with Crippen molar-refractivity contribution in [2.24, 2.45) is 0 Å². The van der Waals surface area contributed by atoms with Gasteiger partial charge in [0.25, 0.3) is 5.91 Å². The second kappa shape index (κ2) is 6.07. The summed E-state index contributed by atoms with van der Waals surface area (Å²) >= 11 is 4.55. The Labute approximate surface area is 129 Å². The van der Waals surface area contributed by atoms with Crippen molar-refractivity contribution >= 4 is 45.5 Å². The smallest absolute Gasteiger partial charge is 0.267 e. The number of aryl methyl sites for hydroxylation is 2. The number of rotatable bonds is 5. The van der Waals surface area contributed by atoms with Crippen molar-refractivity contribution in [3.05, 3.63) is 34.0 Å². The number of hydrogen-bond donors (Lipinski definition) is 1. The second-order valence-electron chi connectivity index (χ2n) is 4.34. The predicted molar refractivity (Wildman–Crippen MR) is 85.1 cm³/mol. The van der Waals surface area contributed by atoms with E-state index in [2.05, 4.69) is 22.1 Å². The van der Waals surface area contributed by atoms with Gasteiger partial charge in [-0.2, -0.15) is 0 Å². The first kappa shape index (κ1) is 13.8. The molecule has 1 aliphatic rings. The molecule has 0 aliphatic heterocycles. The van der Waals surface area contributed by atoms with E-state index in [1.165, 1.54) is 28.2 Å². The van der Waals surface area contributed by atoms with Crippen LogP contribution in [0, 0.1) is 0 Å². The highest BCUT2D eigenvalue weighted by molar-refractivity contribution is 8.01. The molecule has 104 valence electrons. The Morgan fingerprint density at radius 3 is 3.15 bits per heavy atom. The molecule has 0 fully saturated rings. The molecule has 0 radical (unpaired) electrons. The van der Waals surface area contributed by atoms with E-state index in [9.17, 15) is 4.79 Å². The molecule has 2 aromatic rings. The third-order valence-electron chi connectivity index (χ3n) is 2.92. The Balaban J connectivity index is 1.65. The van der Waals surface area contributed by atoms with Crippen molar-refractivity contribution < 1.29 is 4.79 Å². The maximum atomic E-state index is 12.2. The van der Waals surface area contributed by atoms with E-state index >= 15 is 0 Å². The van der Waals surface area contributed by atoms with Gasteiger partial charge in [0.1, 0.15) is 0 Å². The predicted octanol–water partition coefficient (Wildman–Crippen LogP) is 3.62. The van der Waals surface area contributed by atoms with Crippen LogP contribution in [0.1, 0.15) is 26.5 Å². The Hall–Kier alpha value is -1.18. The minimum absolute atomic E-state index is 0.0826.